The number of carbonyl (C=O) groups excluding carboxylic acids is 1. The molecule has 5 nitrogen and oxygen atoms in total. The van der Waals surface area contributed by atoms with Gasteiger partial charge in [-0.25, -0.2) is 0 Å². The Morgan fingerprint density at radius 1 is 1.10 bits per heavy atom. The molecule has 0 bridgehead atoms. The summed E-state index contributed by atoms with van der Waals surface area (Å²) in [7, 11) is 0. The van der Waals surface area contributed by atoms with Gasteiger partial charge in [0.15, 0.2) is 0 Å². The van der Waals surface area contributed by atoms with Gasteiger partial charge >= 0.3 is 5.97 Å². The Morgan fingerprint density at radius 2 is 1.77 bits per heavy atom. The van der Waals surface area contributed by atoms with Gasteiger partial charge in [0.2, 0.25) is 0 Å². The number of carboxylic acid groups (broad SMARTS) is 1. The second-order valence-electron chi connectivity index (χ2n) is 7.74. The van der Waals surface area contributed by atoms with Crippen molar-refractivity contribution in [2.24, 2.45) is 0 Å². The van der Waals surface area contributed by atoms with Gasteiger partial charge in [-0.05, 0) is 56.5 Å². The number of thiocarbonyl (C=S) groups is 1. The largest absolute Gasteiger partial charge is 0.481 e. The van der Waals surface area contributed by atoms with Gasteiger partial charge in [-0.15, -0.1) is 0 Å². The van der Waals surface area contributed by atoms with Crippen molar-refractivity contribution in [3.63, 3.8) is 0 Å². The van der Waals surface area contributed by atoms with Crippen LogP contribution in [0.3, 0.4) is 0 Å². The van der Waals surface area contributed by atoms with Gasteiger partial charge in [0.05, 0.1) is 4.91 Å². The highest BCUT2D eigenvalue weighted by atomic mass is 32.2. The van der Waals surface area contributed by atoms with E-state index in [0.717, 1.165) is 48.3 Å². The molecule has 2 heterocycles. The summed E-state index contributed by atoms with van der Waals surface area (Å²) in [4.78, 5) is 25.8. The first kappa shape index (κ1) is 23.3. The third kappa shape index (κ3) is 5.86. The summed E-state index contributed by atoms with van der Waals surface area (Å²) in [5, 5.41) is 8.67. The van der Waals surface area contributed by atoms with Crippen LogP contribution in [0, 0.1) is 13.8 Å². The molecular weight excluding hydrogens is 428 g/mol. The molecule has 1 aromatic heterocycles. The second kappa shape index (κ2) is 10.8. The number of carboxylic acids is 1. The summed E-state index contributed by atoms with van der Waals surface area (Å²) in [5.74, 6) is -0.765. The number of amides is 1. The van der Waals surface area contributed by atoms with Gasteiger partial charge in [0.25, 0.3) is 5.91 Å². The van der Waals surface area contributed by atoms with Gasteiger partial charge in [0, 0.05) is 30.0 Å². The normalized spacial score (nSPS) is 15.3. The van der Waals surface area contributed by atoms with E-state index >= 15 is 0 Å². The van der Waals surface area contributed by atoms with E-state index < -0.39 is 5.97 Å². The van der Waals surface area contributed by atoms with Crippen LogP contribution in [-0.2, 0) is 9.59 Å². The fraction of sp³-hybridized carbons (Fsp3) is 0.375. The summed E-state index contributed by atoms with van der Waals surface area (Å²) in [6.07, 6.45) is 6.60. The second-order valence-corrected chi connectivity index (χ2v) is 9.42. The Labute approximate surface area is 193 Å². The first-order valence-electron chi connectivity index (χ1n) is 10.6. The molecule has 2 aromatic rings. The average molecular weight is 457 g/mol. The number of nitrogens with zero attached hydrogens (tertiary/aromatic N) is 2. The molecule has 3 rings (SSSR count). The summed E-state index contributed by atoms with van der Waals surface area (Å²) in [6.45, 7) is 4.75. The topological polar surface area (TPSA) is 62.5 Å². The molecule has 0 aliphatic carbocycles. The molecule has 1 saturated heterocycles. The highest BCUT2D eigenvalue weighted by Gasteiger charge is 2.31. The molecule has 0 spiro atoms. The highest BCUT2D eigenvalue weighted by molar-refractivity contribution is 8.26. The third-order valence-corrected chi connectivity index (χ3v) is 6.80. The Hall–Kier alpha value is -2.38. The zero-order valence-electron chi connectivity index (χ0n) is 18.0. The number of hydrogen-bond acceptors (Lipinski definition) is 4. The lowest BCUT2D eigenvalue weighted by molar-refractivity contribution is -0.137. The van der Waals surface area contributed by atoms with E-state index in [9.17, 15) is 9.59 Å². The number of para-hydroxylation sites is 1. The monoisotopic (exact) mass is 456 g/mol. The predicted molar refractivity (Wildman–Crippen MR) is 130 cm³/mol. The van der Waals surface area contributed by atoms with E-state index in [2.05, 4.69) is 36.6 Å². The number of hydrogen-bond donors (Lipinski definition) is 1. The standard InChI is InChI=1S/C24H28N2O3S2/c1-17-15-19(18(2)26(17)20-11-7-6-8-12-20)16-21-23(29)25(24(30)31-21)14-10-5-3-4-9-13-22(27)28/h6-8,11-12,15-16H,3-5,9-10,13-14H2,1-2H3,(H,27,28)/b21-16-. The van der Waals surface area contributed by atoms with E-state index in [4.69, 9.17) is 17.3 Å². The summed E-state index contributed by atoms with van der Waals surface area (Å²) in [5.41, 5.74) is 4.34. The number of benzene rings is 1. The molecule has 0 unspecified atom stereocenters. The minimum Gasteiger partial charge on any atom is -0.481 e. The zero-order chi connectivity index (χ0) is 22.4. The van der Waals surface area contributed by atoms with Crippen molar-refractivity contribution in [1.82, 2.24) is 9.47 Å². The summed E-state index contributed by atoms with van der Waals surface area (Å²) < 4.78 is 2.80. The van der Waals surface area contributed by atoms with E-state index in [-0.39, 0.29) is 12.3 Å². The summed E-state index contributed by atoms with van der Waals surface area (Å²) in [6, 6.07) is 12.3. The van der Waals surface area contributed by atoms with Gasteiger partial charge in [-0.1, -0.05) is 61.4 Å². The molecule has 164 valence electrons. The van der Waals surface area contributed by atoms with Crippen LogP contribution >= 0.6 is 24.0 Å². The molecule has 1 N–H and O–H groups in total. The van der Waals surface area contributed by atoms with Gasteiger partial charge in [0.1, 0.15) is 4.32 Å². The molecule has 0 radical (unpaired) electrons. The Morgan fingerprint density at radius 3 is 2.48 bits per heavy atom. The van der Waals surface area contributed by atoms with E-state index in [1.54, 1.807) is 4.90 Å². The number of aliphatic carboxylic acids is 1. The SMILES string of the molecule is Cc1cc(/C=C2\SC(=S)N(CCCCCCCC(=O)O)C2=O)c(C)n1-c1ccccc1. The van der Waals surface area contributed by atoms with Crippen LogP contribution in [0.1, 0.15) is 55.5 Å². The Balaban J connectivity index is 1.61. The first-order valence-corrected chi connectivity index (χ1v) is 11.8. The maximum absolute atomic E-state index is 12.9. The van der Waals surface area contributed by atoms with Crippen LogP contribution in [-0.4, -0.2) is 37.3 Å². The average Bonchev–Trinajstić information content (AvgIpc) is 3.16. The predicted octanol–water partition coefficient (Wildman–Crippen LogP) is 5.72. The molecule has 1 aromatic carbocycles. The molecule has 1 aliphatic rings. The maximum atomic E-state index is 12.9. The highest BCUT2D eigenvalue weighted by Crippen LogP contribution is 2.34. The molecule has 31 heavy (non-hydrogen) atoms. The van der Waals surface area contributed by atoms with Crippen molar-refractivity contribution in [1.29, 1.82) is 0 Å². The lowest BCUT2D eigenvalue weighted by Gasteiger charge is -2.14. The first-order chi connectivity index (χ1) is 14.9. The van der Waals surface area contributed by atoms with Gasteiger partial charge in [-0.2, -0.15) is 0 Å². The van der Waals surface area contributed by atoms with Crippen molar-refractivity contribution < 1.29 is 14.7 Å². The number of aromatic nitrogens is 1. The van der Waals surface area contributed by atoms with E-state index in [1.807, 2.05) is 24.3 Å². The van der Waals surface area contributed by atoms with Crippen LogP contribution in [0.4, 0.5) is 0 Å². The quantitative estimate of drug-likeness (QED) is 0.281. The minimum atomic E-state index is -0.742. The minimum absolute atomic E-state index is 0.0228. The number of aryl methyl sites for hydroxylation is 1. The van der Waals surface area contributed by atoms with E-state index in [0.29, 0.717) is 22.2 Å². The number of carbonyl (C=O) groups is 2. The fourth-order valence-corrected chi connectivity index (χ4v) is 5.12. The van der Waals surface area contributed by atoms with Gasteiger partial charge < -0.3 is 9.67 Å². The molecule has 1 aliphatic heterocycles. The van der Waals surface area contributed by atoms with Crippen molar-refractivity contribution in [3.05, 3.63) is 58.3 Å². The lowest BCUT2D eigenvalue weighted by atomic mass is 10.1. The lowest BCUT2D eigenvalue weighted by Crippen LogP contribution is -2.29. The van der Waals surface area contributed by atoms with Crippen LogP contribution in [0.5, 0.6) is 0 Å². The molecule has 0 atom stereocenters. The number of unbranched alkanes of at least 4 members (excludes halogenated alkanes) is 4. The van der Waals surface area contributed by atoms with Crippen molar-refractivity contribution >= 4 is 46.3 Å². The molecule has 1 amide bonds. The summed E-state index contributed by atoms with van der Waals surface area (Å²) >= 11 is 6.82. The van der Waals surface area contributed by atoms with Crippen LogP contribution in [0.2, 0.25) is 0 Å². The molecule has 0 saturated carbocycles. The van der Waals surface area contributed by atoms with E-state index in [1.165, 1.54) is 11.8 Å². The Kier molecular flexibility index (Phi) is 8.09. The number of thioether (sulfide) groups is 1. The molecule has 7 heteroatoms. The van der Waals surface area contributed by atoms with Crippen molar-refractivity contribution in [2.45, 2.75) is 52.4 Å². The molecule has 1 fully saturated rings. The van der Waals surface area contributed by atoms with Gasteiger partial charge in [-0.3, -0.25) is 14.5 Å². The Bertz CT molecular complexity index is 996. The van der Waals surface area contributed by atoms with Crippen LogP contribution in [0.25, 0.3) is 11.8 Å². The molecular formula is C24H28N2O3S2. The third-order valence-electron chi connectivity index (χ3n) is 5.42. The fourth-order valence-electron chi connectivity index (χ4n) is 3.82. The van der Waals surface area contributed by atoms with Crippen LogP contribution in [0.15, 0.2) is 41.3 Å². The smallest absolute Gasteiger partial charge is 0.303 e. The zero-order valence-corrected chi connectivity index (χ0v) is 19.6. The number of rotatable bonds is 10. The van der Waals surface area contributed by atoms with Crippen molar-refractivity contribution in [2.75, 3.05) is 6.54 Å². The maximum Gasteiger partial charge on any atom is 0.303 e. The van der Waals surface area contributed by atoms with Crippen molar-refractivity contribution in [3.8, 4) is 5.69 Å². The van der Waals surface area contributed by atoms with Crippen LogP contribution < -0.4 is 0 Å².